The molecule has 21 heavy (non-hydrogen) atoms. The Morgan fingerprint density at radius 3 is 2.57 bits per heavy atom. The van der Waals surface area contributed by atoms with Crippen LogP contribution < -0.4 is 5.32 Å². The molecule has 0 unspecified atom stereocenters. The average Bonchev–Trinajstić information content (AvgIpc) is 2.98. The minimum Gasteiger partial charge on any atom is -0.481 e. The molecule has 6 heteroatoms. The Balaban J connectivity index is 1.79. The van der Waals surface area contributed by atoms with Gasteiger partial charge in [0.1, 0.15) is 0 Å². The summed E-state index contributed by atoms with van der Waals surface area (Å²) in [7, 11) is 0. The van der Waals surface area contributed by atoms with Crippen LogP contribution in [0.2, 0.25) is 0 Å². The fourth-order valence-corrected chi connectivity index (χ4v) is 1.88. The van der Waals surface area contributed by atoms with E-state index in [1.807, 2.05) is 24.4 Å². The molecule has 2 rings (SSSR count). The molecule has 2 N–H and O–H groups in total. The fourth-order valence-electron chi connectivity index (χ4n) is 1.88. The third-order valence-corrected chi connectivity index (χ3v) is 2.99. The molecule has 0 saturated carbocycles. The van der Waals surface area contributed by atoms with Gasteiger partial charge in [0.2, 0.25) is 5.91 Å². The van der Waals surface area contributed by atoms with E-state index < -0.39 is 5.97 Å². The van der Waals surface area contributed by atoms with E-state index in [4.69, 9.17) is 5.11 Å². The summed E-state index contributed by atoms with van der Waals surface area (Å²) in [6.45, 7) is 0.537. The lowest BCUT2D eigenvalue weighted by Gasteiger charge is -2.06. The molecule has 2 aromatic rings. The molecule has 1 aromatic carbocycles. The maximum atomic E-state index is 11.8. The second kappa shape index (κ2) is 7.23. The molecule has 0 radical (unpaired) electrons. The fraction of sp³-hybridized carbons (Fsp3) is 0.267. The molecular formula is C15H17N3O3. The minimum atomic E-state index is -0.814. The van der Waals surface area contributed by atoms with Gasteiger partial charge in [-0.1, -0.05) is 12.1 Å². The van der Waals surface area contributed by atoms with E-state index in [9.17, 15) is 9.59 Å². The zero-order chi connectivity index (χ0) is 15.1. The maximum Gasteiger partial charge on any atom is 0.303 e. The number of carboxylic acids is 1. The molecule has 1 heterocycles. The number of nitrogens with zero attached hydrogens (tertiary/aromatic N) is 2. The molecular weight excluding hydrogens is 270 g/mol. The van der Waals surface area contributed by atoms with E-state index in [0.717, 1.165) is 5.56 Å². The Morgan fingerprint density at radius 1 is 1.19 bits per heavy atom. The molecule has 1 aromatic heterocycles. The number of carbonyl (C=O) groups excluding carboxylic acids is 1. The van der Waals surface area contributed by atoms with Crippen LogP contribution in [0.1, 0.15) is 18.4 Å². The van der Waals surface area contributed by atoms with E-state index in [2.05, 4.69) is 10.4 Å². The number of amides is 1. The molecule has 0 aliphatic carbocycles. The first-order valence-electron chi connectivity index (χ1n) is 6.71. The summed E-state index contributed by atoms with van der Waals surface area (Å²) in [5.74, 6) is -0.894. The van der Waals surface area contributed by atoms with Gasteiger partial charge < -0.3 is 10.4 Å². The Labute approximate surface area is 122 Å². The van der Waals surface area contributed by atoms with Crippen LogP contribution in [-0.4, -0.2) is 26.8 Å². The normalized spacial score (nSPS) is 10.3. The molecule has 110 valence electrons. The number of nitrogens with one attached hydrogen (secondary N) is 1. The monoisotopic (exact) mass is 287 g/mol. The SMILES string of the molecule is O=C(O)CCc1ccc(NC(=O)CCn2cccn2)cc1. The number of benzene rings is 1. The van der Waals surface area contributed by atoms with Crippen LogP contribution in [0.3, 0.4) is 0 Å². The zero-order valence-corrected chi connectivity index (χ0v) is 11.5. The summed E-state index contributed by atoms with van der Waals surface area (Å²) in [5.41, 5.74) is 1.64. The third kappa shape index (κ3) is 5.10. The number of carbonyl (C=O) groups is 2. The summed E-state index contributed by atoms with van der Waals surface area (Å²) in [6.07, 6.45) is 4.43. The first-order chi connectivity index (χ1) is 10.1. The molecule has 0 atom stereocenters. The first-order valence-corrected chi connectivity index (χ1v) is 6.71. The van der Waals surface area contributed by atoms with Crippen molar-refractivity contribution in [3.8, 4) is 0 Å². The highest BCUT2D eigenvalue weighted by molar-refractivity contribution is 5.90. The highest BCUT2D eigenvalue weighted by atomic mass is 16.4. The predicted octanol–water partition coefficient (Wildman–Crippen LogP) is 1.93. The lowest BCUT2D eigenvalue weighted by Crippen LogP contribution is -2.14. The summed E-state index contributed by atoms with van der Waals surface area (Å²) in [4.78, 5) is 22.3. The van der Waals surface area contributed by atoms with Crippen molar-refractivity contribution in [2.24, 2.45) is 0 Å². The van der Waals surface area contributed by atoms with Gasteiger partial charge in [-0.3, -0.25) is 14.3 Å². The number of aromatic nitrogens is 2. The molecule has 0 spiro atoms. The Hall–Kier alpha value is -2.63. The van der Waals surface area contributed by atoms with Crippen LogP contribution in [0.25, 0.3) is 0 Å². The number of rotatable bonds is 7. The van der Waals surface area contributed by atoms with Crippen molar-refractivity contribution >= 4 is 17.6 Å². The molecule has 0 aliphatic heterocycles. The zero-order valence-electron chi connectivity index (χ0n) is 11.5. The van der Waals surface area contributed by atoms with Gasteiger partial charge in [0.05, 0.1) is 0 Å². The van der Waals surface area contributed by atoms with Gasteiger partial charge in [-0.15, -0.1) is 0 Å². The van der Waals surface area contributed by atoms with Gasteiger partial charge >= 0.3 is 5.97 Å². The number of anilines is 1. The average molecular weight is 287 g/mol. The Kier molecular flexibility index (Phi) is 5.09. The quantitative estimate of drug-likeness (QED) is 0.815. The Morgan fingerprint density at radius 2 is 1.95 bits per heavy atom. The third-order valence-electron chi connectivity index (χ3n) is 2.99. The van der Waals surface area contributed by atoms with Crippen molar-refractivity contribution in [1.82, 2.24) is 9.78 Å². The highest BCUT2D eigenvalue weighted by Gasteiger charge is 2.04. The highest BCUT2D eigenvalue weighted by Crippen LogP contribution is 2.11. The van der Waals surface area contributed by atoms with Crippen LogP contribution in [-0.2, 0) is 22.6 Å². The maximum absolute atomic E-state index is 11.8. The molecule has 0 saturated heterocycles. The summed E-state index contributed by atoms with van der Waals surface area (Å²) >= 11 is 0. The molecule has 6 nitrogen and oxygen atoms in total. The Bertz CT molecular complexity index is 591. The largest absolute Gasteiger partial charge is 0.481 e. The summed E-state index contributed by atoms with van der Waals surface area (Å²) < 4.78 is 1.70. The van der Waals surface area contributed by atoms with E-state index in [-0.39, 0.29) is 12.3 Å². The van der Waals surface area contributed by atoms with Crippen LogP contribution in [0, 0.1) is 0 Å². The lowest BCUT2D eigenvalue weighted by molar-refractivity contribution is -0.137. The van der Waals surface area contributed by atoms with Crippen LogP contribution in [0.15, 0.2) is 42.7 Å². The van der Waals surface area contributed by atoms with Gasteiger partial charge in [0.25, 0.3) is 0 Å². The van der Waals surface area contributed by atoms with Crippen molar-refractivity contribution in [2.75, 3.05) is 5.32 Å². The van der Waals surface area contributed by atoms with Gasteiger partial charge in [0.15, 0.2) is 0 Å². The number of aryl methyl sites for hydroxylation is 2. The van der Waals surface area contributed by atoms with E-state index in [1.165, 1.54) is 0 Å². The van der Waals surface area contributed by atoms with Gasteiger partial charge in [-0.2, -0.15) is 5.10 Å². The lowest BCUT2D eigenvalue weighted by atomic mass is 10.1. The van der Waals surface area contributed by atoms with Crippen LogP contribution >= 0.6 is 0 Å². The van der Waals surface area contributed by atoms with Crippen molar-refractivity contribution < 1.29 is 14.7 Å². The van der Waals surface area contributed by atoms with Crippen molar-refractivity contribution in [2.45, 2.75) is 25.8 Å². The first kappa shape index (κ1) is 14.8. The van der Waals surface area contributed by atoms with E-state index >= 15 is 0 Å². The second-order valence-corrected chi connectivity index (χ2v) is 4.66. The van der Waals surface area contributed by atoms with Crippen molar-refractivity contribution in [3.05, 3.63) is 48.3 Å². The van der Waals surface area contributed by atoms with E-state index in [1.54, 1.807) is 23.0 Å². The predicted molar refractivity (Wildman–Crippen MR) is 77.9 cm³/mol. The molecule has 1 amide bonds. The second-order valence-electron chi connectivity index (χ2n) is 4.66. The van der Waals surface area contributed by atoms with Crippen LogP contribution in [0.4, 0.5) is 5.69 Å². The molecule has 0 aliphatic rings. The van der Waals surface area contributed by atoms with Crippen molar-refractivity contribution in [1.29, 1.82) is 0 Å². The smallest absolute Gasteiger partial charge is 0.303 e. The molecule has 0 bridgehead atoms. The van der Waals surface area contributed by atoms with Gasteiger partial charge in [-0.25, -0.2) is 0 Å². The number of carboxylic acid groups (broad SMARTS) is 1. The molecule has 0 fully saturated rings. The number of aliphatic carboxylic acids is 1. The number of hydrogen-bond donors (Lipinski definition) is 2. The van der Waals surface area contributed by atoms with Gasteiger partial charge in [-0.05, 0) is 30.2 Å². The standard InChI is InChI=1S/C15H17N3O3/c19-14(8-11-18-10-1-9-16-18)17-13-5-2-12(3-6-13)4-7-15(20)21/h1-3,5-6,9-10H,4,7-8,11H2,(H,17,19)(H,20,21). The van der Waals surface area contributed by atoms with Crippen LogP contribution in [0.5, 0.6) is 0 Å². The van der Waals surface area contributed by atoms with E-state index in [0.29, 0.717) is 25.1 Å². The number of hydrogen-bond acceptors (Lipinski definition) is 3. The summed E-state index contributed by atoms with van der Waals surface area (Å²) in [6, 6.07) is 9.03. The van der Waals surface area contributed by atoms with Gasteiger partial charge in [0, 0.05) is 37.5 Å². The topological polar surface area (TPSA) is 84.2 Å². The summed E-state index contributed by atoms with van der Waals surface area (Å²) in [5, 5.41) is 15.5. The minimum absolute atomic E-state index is 0.0798. The van der Waals surface area contributed by atoms with Crippen molar-refractivity contribution in [3.63, 3.8) is 0 Å².